The minimum Gasteiger partial charge on any atom is -0.339 e. The van der Waals surface area contributed by atoms with Crippen molar-refractivity contribution in [1.29, 1.82) is 0 Å². The summed E-state index contributed by atoms with van der Waals surface area (Å²) >= 11 is 0. The van der Waals surface area contributed by atoms with Crippen LogP contribution in [0.2, 0.25) is 0 Å². The van der Waals surface area contributed by atoms with Gasteiger partial charge in [-0.1, -0.05) is 6.92 Å². The van der Waals surface area contributed by atoms with E-state index in [4.69, 9.17) is 0 Å². The standard InChI is InChI=1S/C15H24N4O/c1-3-8-18-13-4-6-14(7-5-13)19(2)15(20)12-9-16-11-17-10-12/h9-11,13-14,18H,3-8H2,1-2H3. The van der Waals surface area contributed by atoms with Crippen molar-refractivity contribution in [1.82, 2.24) is 20.2 Å². The molecule has 1 saturated carbocycles. The average Bonchev–Trinajstić information content (AvgIpc) is 2.53. The van der Waals surface area contributed by atoms with Gasteiger partial charge in [-0.15, -0.1) is 0 Å². The molecule has 1 N–H and O–H groups in total. The summed E-state index contributed by atoms with van der Waals surface area (Å²) in [7, 11) is 1.89. The van der Waals surface area contributed by atoms with E-state index in [2.05, 4.69) is 22.2 Å². The third-order valence-corrected chi connectivity index (χ3v) is 4.06. The van der Waals surface area contributed by atoms with Crippen LogP contribution in [0.1, 0.15) is 49.4 Å². The van der Waals surface area contributed by atoms with Gasteiger partial charge in [0.15, 0.2) is 0 Å². The molecule has 0 spiro atoms. The van der Waals surface area contributed by atoms with Crippen LogP contribution in [0.25, 0.3) is 0 Å². The molecule has 1 heterocycles. The largest absolute Gasteiger partial charge is 0.339 e. The summed E-state index contributed by atoms with van der Waals surface area (Å²) in [6, 6.07) is 0.956. The Balaban J connectivity index is 1.85. The first-order chi connectivity index (χ1) is 9.72. The molecule has 0 aromatic carbocycles. The van der Waals surface area contributed by atoms with E-state index in [0.29, 0.717) is 17.6 Å². The van der Waals surface area contributed by atoms with Gasteiger partial charge >= 0.3 is 0 Å². The van der Waals surface area contributed by atoms with E-state index in [1.807, 2.05) is 11.9 Å². The SMILES string of the molecule is CCCNC1CCC(N(C)C(=O)c2cncnc2)CC1. The number of nitrogens with zero attached hydrogens (tertiary/aromatic N) is 3. The number of aromatic nitrogens is 2. The van der Waals surface area contributed by atoms with Gasteiger partial charge in [-0.3, -0.25) is 4.79 Å². The average molecular weight is 276 g/mol. The maximum atomic E-state index is 12.3. The van der Waals surface area contributed by atoms with E-state index < -0.39 is 0 Å². The molecule has 5 nitrogen and oxygen atoms in total. The molecule has 1 aliphatic rings. The van der Waals surface area contributed by atoms with E-state index in [-0.39, 0.29) is 5.91 Å². The van der Waals surface area contributed by atoms with Crippen LogP contribution in [0.15, 0.2) is 18.7 Å². The Kier molecular flexibility index (Phi) is 5.47. The van der Waals surface area contributed by atoms with E-state index in [1.165, 1.54) is 12.7 Å². The molecule has 0 atom stereocenters. The number of amides is 1. The summed E-state index contributed by atoms with van der Waals surface area (Å²) in [5.41, 5.74) is 0.571. The number of hydrogen-bond donors (Lipinski definition) is 1. The van der Waals surface area contributed by atoms with Crippen LogP contribution in [0.5, 0.6) is 0 Å². The van der Waals surface area contributed by atoms with Crippen molar-refractivity contribution in [3.8, 4) is 0 Å². The number of rotatable bonds is 5. The molecule has 1 amide bonds. The van der Waals surface area contributed by atoms with Crippen LogP contribution in [0, 0.1) is 0 Å². The van der Waals surface area contributed by atoms with Crippen molar-refractivity contribution in [3.05, 3.63) is 24.3 Å². The number of hydrogen-bond acceptors (Lipinski definition) is 4. The smallest absolute Gasteiger partial charge is 0.256 e. The normalized spacial score (nSPS) is 22.5. The van der Waals surface area contributed by atoms with Crippen LogP contribution < -0.4 is 5.32 Å². The topological polar surface area (TPSA) is 58.1 Å². The number of nitrogens with one attached hydrogen (secondary N) is 1. The Labute approximate surface area is 120 Å². The van der Waals surface area contributed by atoms with Crippen molar-refractivity contribution in [3.63, 3.8) is 0 Å². The first kappa shape index (κ1) is 14.9. The Morgan fingerprint density at radius 3 is 2.55 bits per heavy atom. The molecule has 0 unspecified atom stereocenters. The lowest BCUT2D eigenvalue weighted by Crippen LogP contribution is -2.43. The van der Waals surface area contributed by atoms with Crippen LogP contribution >= 0.6 is 0 Å². The highest BCUT2D eigenvalue weighted by Crippen LogP contribution is 2.23. The van der Waals surface area contributed by atoms with E-state index in [0.717, 1.165) is 32.2 Å². The third-order valence-electron chi connectivity index (χ3n) is 4.06. The van der Waals surface area contributed by atoms with E-state index >= 15 is 0 Å². The predicted molar refractivity (Wildman–Crippen MR) is 78.5 cm³/mol. The maximum Gasteiger partial charge on any atom is 0.256 e. The Morgan fingerprint density at radius 1 is 1.30 bits per heavy atom. The summed E-state index contributed by atoms with van der Waals surface area (Å²) in [4.78, 5) is 22.0. The molecular weight excluding hydrogens is 252 g/mol. The molecule has 0 aliphatic heterocycles. The monoisotopic (exact) mass is 276 g/mol. The fourth-order valence-electron chi connectivity index (χ4n) is 2.79. The predicted octanol–water partition coefficient (Wildman–Crippen LogP) is 1.86. The second-order valence-corrected chi connectivity index (χ2v) is 5.50. The van der Waals surface area contributed by atoms with Gasteiger partial charge in [-0.2, -0.15) is 0 Å². The van der Waals surface area contributed by atoms with Gasteiger partial charge in [0.2, 0.25) is 0 Å². The van der Waals surface area contributed by atoms with Gasteiger partial charge in [0.05, 0.1) is 5.56 Å². The molecule has 20 heavy (non-hydrogen) atoms. The molecule has 1 aromatic rings. The lowest BCUT2D eigenvalue weighted by molar-refractivity contribution is 0.0683. The van der Waals surface area contributed by atoms with Crippen LogP contribution in [0.3, 0.4) is 0 Å². The Bertz CT molecular complexity index is 415. The molecule has 110 valence electrons. The van der Waals surface area contributed by atoms with Gasteiger partial charge < -0.3 is 10.2 Å². The fraction of sp³-hybridized carbons (Fsp3) is 0.667. The molecule has 0 saturated heterocycles. The first-order valence-electron chi connectivity index (χ1n) is 7.48. The second kappa shape index (κ2) is 7.33. The summed E-state index contributed by atoms with van der Waals surface area (Å²) in [6.07, 6.45) is 10.2. The lowest BCUT2D eigenvalue weighted by Gasteiger charge is -2.35. The van der Waals surface area contributed by atoms with Gasteiger partial charge in [0, 0.05) is 31.5 Å². The highest BCUT2D eigenvalue weighted by molar-refractivity contribution is 5.93. The third kappa shape index (κ3) is 3.76. The zero-order valence-electron chi connectivity index (χ0n) is 12.4. The molecule has 1 aromatic heterocycles. The zero-order valence-corrected chi connectivity index (χ0v) is 12.4. The molecule has 1 fully saturated rings. The van der Waals surface area contributed by atoms with Crippen molar-refractivity contribution in [2.45, 2.75) is 51.1 Å². The summed E-state index contributed by atoms with van der Waals surface area (Å²) in [5.74, 6) is 0.0237. The minimum absolute atomic E-state index is 0.0237. The first-order valence-corrected chi connectivity index (χ1v) is 7.48. The van der Waals surface area contributed by atoms with Gasteiger partial charge in [0.1, 0.15) is 6.33 Å². The molecule has 1 aliphatic carbocycles. The minimum atomic E-state index is 0.0237. The highest BCUT2D eigenvalue weighted by Gasteiger charge is 2.26. The van der Waals surface area contributed by atoms with Crippen molar-refractivity contribution >= 4 is 5.91 Å². The second-order valence-electron chi connectivity index (χ2n) is 5.50. The highest BCUT2D eigenvalue weighted by atomic mass is 16.2. The van der Waals surface area contributed by atoms with Crippen molar-refractivity contribution < 1.29 is 4.79 Å². The fourth-order valence-corrected chi connectivity index (χ4v) is 2.79. The summed E-state index contributed by atoms with van der Waals surface area (Å²) in [6.45, 7) is 3.28. The lowest BCUT2D eigenvalue weighted by atomic mass is 9.90. The zero-order chi connectivity index (χ0) is 14.4. The maximum absolute atomic E-state index is 12.3. The molecule has 2 rings (SSSR count). The van der Waals surface area contributed by atoms with Crippen LogP contribution in [-0.4, -0.2) is 46.5 Å². The number of carbonyl (C=O) groups excluding carboxylic acids is 1. The molecular formula is C15H24N4O. The van der Waals surface area contributed by atoms with Crippen molar-refractivity contribution in [2.75, 3.05) is 13.6 Å². The van der Waals surface area contributed by atoms with Gasteiger partial charge in [0.25, 0.3) is 5.91 Å². The van der Waals surface area contributed by atoms with E-state index in [1.54, 1.807) is 12.4 Å². The quantitative estimate of drug-likeness (QED) is 0.892. The van der Waals surface area contributed by atoms with Gasteiger partial charge in [-0.05, 0) is 38.6 Å². The summed E-state index contributed by atoms with van der Waals surface area (Å²) < 4.78 is 0. The molecule has 0 bridgehead atoms. The summed E-state index contributed by atoms with van der Waals surface area (Å²) in [5, 5.41) is 3.57. The van der Waals surface area contributed by atoms with Crippen molar-refractivity contribution in [2.24, 2.45) is 0 Å². The molecule has 0 radical (unpaired) electrons. The van der Waals surface area contributed by atoms with Gasteiger partial charge in [-0.25, -0.2) is 9.97 Å². The Hall–Kier alpha value is -1.49. The van der Waals surface area contributed by atoms with Crippen LogP contribution in [0.4, 0.5) is 0 Å². The Morgan fingerprint density at radius 2 is 1.95 bits per heavy atom. The van der Waals surface area contributed by atoms with E-state index in [9.17, 15) is 4.79 Å². The van der Waals surface area contributed by atoms with Crippen LogP contribution in [-0.2, 0) is 0 Å². The molecule has 5 heteroatoms. The number of carbonyl (C=O) groups is 1.